The van der Waals surface area contributed by atoms with Gasteiger partial charge in [-0.05, 0) is 37.6 Å². The summed E-state index contributed by atoms with van der Waals surface area (Å²) in [4.78, 5) is 11.5. The number of esters is 1. The van der Waals surface area contributed by atoms with Gasteiger partial charge in [-0.2, -0.15) is 5.26 Å². The van der Waals surface area contributed by atoms with Crippen molar-refractivity contribution in [2.24, 2.45) is 0 Å². The number of rotatable bonds is 3. The molecule has 3 nitrogen and oxygen atoms in total. The van der Waals surface area contributed by atoms with Gasteiger partial charge in [-0.25, -0.2) is 4.79 Å². The molecule has 1 aromatic carbocycles. The summed E-state index contributed by atoms with van der Waals surface area (Å²) >= 11 is 3.31. The fourth-order valence-corrected chi connectivity index (χ4v) is 1.40. The van der Waals surface area contributed by atoms with Gasteiger partial charge in [0, 0.05) is 4.47 Å². The number of halogens is 1. The summed E-state index contributed by atoms with van der Waals surface area (Å²) in [6.45, 7) is 3.49. The Bertz CT molecular complexity index is 469. The maximum absolute atomic E-state index is 11.5. The van der Waals surface area contributed by atoms with E-state index in [0.717, 1.165) is 10.0 Å². The van der Waals surface area contributed by atoms with Gasteiger partial charge >= 0.3 is 5.97 Å². The molecule has 4 heteroatoms. The lowest BCUT2D eigenvalue weighted by Gasteiger charge is -2.06. The Labute approximate surface area is 109 Å². The molecular formula is C13H12BrNO2. The smallest absolute Gasteiger partial charge is 0.349 e. The van der Waals surface area contributed by atoms with Crippen LogP contribution in [0.15, 0.2) is 34.3 Å². The van der Waals surface area contributed by atoms with Crippen LogP contribution in [0.2, 0.25) is 0 Å². The van der Waals surface area contributed by atoms with Gasteiger partial charge in [0.2, 0.25) is 0 Å². The Balaban J connectivity index is 2.91. The molecule has 1 aromatic rings. The maximum Gasteiger partial charge on any atom is 0.349 e. The highest BCUT2D eigenvalue weighted by molar-refractivity contribution is 9.10. The van der Waals surface area contributed by atoms with Gasteiger partial charge in [0.25, 0.3) is 0 Å². The normalized spacial score (nSPS) is 11.1. The Hall–Kier alpha value is -1.60. The zero-order valence-corrected chi connectivity index (χ0v) is 11.2. The van der Waals surface area contributed by atoms with Gasteiger partial charge in [-0.15, -0.1) is 0 Å². The van der Waals surface area contributed by atoms with E-state index in [9.17, 15) is 4.79 Å². The van der Waals surface area contributed by atoms with Crippen molar-refractivity contribution in [1.82, 2.24) is 0 Å². The van der Waals surface area contributed by atoms with E-state index in [0.29, 0.717) is 0 Å². The number of nitriles is 1. The fraction of sp³-hybridized carbons (Fsp3) is 0.231. The van der Waals surface area contributed by atoms with Crippen molar-refractivity contribution >= 4 is 28.0 Å². The first kappa shape index (κ1) is 13.5. The Morgan fingerprint density at radius 2 is 2.00 bits per heavy atom. The molecule has 0 aliphatic heterocycles. The first-order chi connectivity index (χ1) is 8.02. The molecule has 0 saturated carbocycles. The Kier molecular flexibility index (Phi) is 4.92. The summed E-state index contributed by atoms with van der Waals surface area (Å²) in [5.41, 5.74) is 0.784. The second kappa shape index (κ2) is 6.21. The number of carbonyl (C=O) groups is 1. The molecule has 0 unspecified atom stereocenters. The highest BCUT2D eigenvalue weighted by Crippen LogP contribution is 2.13. The summed E-state index contributed by atoms with van der Waals surface area (Å²) in [5.74, 6) is -0.592. The fourth-order valence-electron chi connectivity index (χ4n) is 1.14. The minimum absolute atomic E-state index is 0.000947. The molecule has 17 heavy (non-hydrogen) atoms. The average Bonchev–Trinajstić information content (AvgIpc) is 2.27. The van der Waals surface area contributed by atoms with Crippen LogP contribution in [-0.4, -0.2) is 12.1 Å². The summed E-state index contributed by atoms with van der Waals surface area (Å²) in [7, 11) is 0. The van der Waals surface area contributed by atoms with Crippen LogP contribution in [-0.2, 0) is 9.53 Å². The highest BCUT2D eigenvalue weighted by atomic mass is 79.9. The van der Waals surface area contributed by atoms with Gasteiger partial charge in [0.05, 0.1) is 6.10 Å². The minimum atomic E-state index is -0.592. The van der Waals surface area contributed by atoms with Gasteiger partial charge in [-0.3, -0.25) is 0 Å². The van der Waals surface area contributed by atoms with E-state index >= 15 is 0 Å². The predicted octanol–water partition coefficient (Wildman–Crippen LogP) is 3.31. The lowest BCUT2D eigenvalue weighted by molar-refractivity contribution is -0.142. The topological polar surface area (TPSA) is 50.1 Å². The van der Waals surface area contributed by atoms with Crippen LogP contribution in [0.4, 0.5) is 0 Å². The highest BCUT2D eigenvalue weighted by Gasteiger charge is 2.12. The minimum Gasteiger partial charge on any atom is -0.459 e. The molecule has 0 aliphatic rings. The zero-order valence-electron chi connectivity index (χ0n) is 9.61. The molecule has 88 valence electrons. The molecule has 0 saturated heterocycles. The van der Waals surface area contributed by atoms with Crippen molar-refractivity contribution in [2.75, 3.05) is 0 Å². The molecule has 0 spiro atoms. The molecule has 0 aromatic heterocycles. The molecule has 1 rings (SSSR count). The van der Waals surface area contributed by atoms with Crippen LogP contribution in [0.25, 0.3) is 6.08 Å². The first-order valence-corrected chi connectivity index (χ1v) is 5.90. The van der Waals surface area contributed by atoms with E-state index in [1.807, 2.05) is 30.3 Å². The predicted molar refractivity (Wildman–Crippen MR) is 69.0 cm³/mol. The van der Waals surface area contributed by atoms with Gasteiger partial charge in [0.15, 0.2) is 0 Å². The van der Waals surface area contributed by atoms with Crippen molar-refractivity contribution in [3.8, 4) is 6.07 Å². The van der Waals surface area contributed by atoms with Gasteiger partial charge < -0.3 is 4.74 Å². The SMILES string of the molecule is CC(C)OC(=O)/C(C#N)=C/c1ccc(Br)cc1. The molecule has 0 radical (unpaired) electrons. The molecule has 0 bridgehead atoms. The average molecular weight is 294 g/mol. The standard InChI is InChI=1S/C13H12BrNO2/c1-9(2)17-13(16)11(8-15)7-10-3-5-12(14)6-4-10/h3-7,9H,1-2H3/b11-7+. The van der Waals surface area contributed by atoms with Gasteiger partial charge in [-0.1, -0.05) is 28.1 Å². The largest absolute Gasteiger partial charge is 0.459 e. The third kappa shape index (κ3) is 4.41. The second-order valence-corrected chi connectivity index (χ2v) is 4.59. The quantitative estimate of drug-likeness (QED) is 0.488. The van der Waals surface area contributed by atoms with Crippen LogP contribution in [0.3, 0.4) is 0 Å². The Morgan fingerprint density at radius 1 is 1.41 bits per heavy atom. The maximum atomic E-state index is 11.5. The number of ether oxygens (including phenoxy) is 1. The van der Waals surface area contributed by atoms with Crippen LogP contribution in [0, 0.1) is 11.3 Å². The molecule has 0 atom stereocenters. The van der Waals surface area contributed by atoms with Crippen molar-refractivity contribution in [1.29, 1.82) is 5.26 Å². The number of carbonyl (C=O) groups excluding carboxylic acids is 1. The van der Waals surface area contributed by atoms with Crippen molar-refractivity contribution < 1.29 is 9.53 Å². The summed E-state index contributed by atoms with van der Waals surface area (Å²) in [6, 6.07) is 9.15. The third-order valence-corrected chi connectivity index (χ3v) is 2.39. The van der Waals surface area contributed by atoms with E-state index < -0.39 is 5.97 Å². The van der Waals surface area contributed by atoms with Crippen LogP contribution < -0.4 is 0 Å². The van der Waals surface area contributed by atoms with Crippen LogP contribution >= 0.6 is 15.9 Å². The summed E-state index contributed by atoms with van der Waals surface area (Å²) < 4.78 is 5.90. The molecule has 0 heterocycles. The van der Waals surface area contributed by atoms with E-state index in [1.165, 1.54) is 6.08 Å². The zero-order chi connectivity index (χ0) is 12.8. The number of hydrogen-bond donors (Lipinski definition) is 0. The Morgan fingerprint density at radius 3 is 2.47 bits per heavy atom. The van der Waals surface area contributed by atoms with E-state index in [4.69, 9.17) is 10.00 Å². The van der Waals surface area contributed by atoms with Crippen molar-refractivity contribution in [3.63, 3.8) is 0 Å². The second-order valence-electron chi connectivity index (χ2n) is 3.68. The molecule has 0 amide bonds. The summed E-state index contributed by atoms with van der Waals surface area (Å²) in [6.07, 6.45) is 1.28. The molecule has 0 N–H and O–H groups in total. The number of benzene rings is 1. The van der Waals surface area contributed by atoms with E-state index in [-0.39, 0.29) is 11.7 Å². The van der Waals surface area contributed by atoms with E-state index in [2.05, 4.69) is 15.9 Å². The lowest BCUT2D eigenvalue weighted by Crippen LogP contribution is -2.12. The monoisotopic (exact) mass is 293 g/mol. The van der Waals surface area contributed by atoms with Crippen LogP contribution in [0.1, 0.15) is 19.4 Å². The molecular weight excluding hydrogens is 282 g/mol. The third-order valence-electron chi connectivity index (χ3n) is 1.86. The lowest BCUT2D eigenvalue weighted by atomic mass is 10.1. The number of hydrogen-bond acceptors (Lipinski definition) is 3. The first-order valence-electron chi connectivity index (χ1n) is 5.11. The summed E-state index contributed by atoms with van der Waals surface area (Å²) in [5, 5.41) is 8.90. The van der Waals surface area contributed by atoms with E-state index in [1.54, 1.807) is 13.8 Å². The molecule has 0 fully saturated rings. The van der Waals surface area contributed by atoms with Gasteiger partial charge in [0.1, 0.15) is 11.6 Å². The van der Waals surface area contributed by atoms with Crippen molar-refractivity contribution in [3.05, 3.63) is 39.9 Å². The van der Waals surface area contributed by atoms with Crippen LogP contribution in [0.5, 0.6) is 0 Å². The molecule has 0 aliphatic carbocycles. The van der Waals surface area contributed by atoms with Crippen molar-refractivity contribution in [2.45, 2.75) is 20.0 Å². The number of nitrogens with zero attached hydrogens (tertiary/aromatic N) is 1.